The van der Waals surface area contributed by atoms with Crippen molar-refractivity contribution in [1.82, 2.24) is 0 Å². The third kappa shape index (κ3) is 15.5. The van der Waals surface area contributed by atoms with E-state index in [4.69, 9.17) is 14.9 Å². The minimum absolute atomic E-state index is 0.0849. The molecular formula is C29H44O5. The molecule has 0 amide bonds. The Morgan fingerprint density at radius 2 is 1.09 bits per heavy atom. The molecule has 34 heavy (non-hydrogen) atoms. The lowest BCUT2D eigenvalue weighted by Crippen LogP contribution is -2.03. The summed E-state index contributed by atoms with van der Waals surface area (Å²) in [7, 11) is 0. The minimum Gasteiger partial charge on any atom is -0.478 e. The lowest BCUT2D eigenvalue weighted by atomic mass is 10.0. The van der Waals surface area contributed by atoms with Crippen molar-refractivity contribution < 1.29 is 24.5 Å². The molecule has 0 aliphatic carbocycles. The summed E-state index contributed by atoms with van der Waals surface area (Å²) in [5.41, 5.74) is 0.194. The van der Waals surface area contributed by atoms with Gasteiger partial charge in [0, 0.05) is 12.2 Å². The summed E-state index contributed by atoms with van der Waals surface area (Å²) in [5, 5.41) is 18.2. The van der Waals surface area contributed by atoms with Gasteiger partial charge < -0.3 is 14.9 Å². The van der Waals surface area contributed by atoms with E-state index >= 15 is 0 Å². The van der Waals surface area contributed by atoms with Crippen LogP contribution in [0.2, 0.25) is 0 Å². The number of benzene rings is 1. The van der Waals surface area contributed by atoms with Crippen molar-refractivity contribution in [3.8, 4) is 11.8 Å². The van der Waals surface area contributed by atoms with E-state index in [9.17, 15) is 9.59 Å². The molecule has 0 aromatic heterocycles. The summed E-state index contributed by atoms with van der Waals surface area (Å²) in [4.78, 5) is 22.2. The Hall–Kier alpha value is -2.32. The van der Waals surface area contributed by atoms with Gasteiger partial charge in [-0.2, -0.15) is 0 Å². The van der Waals surface area contributed by atoms with E-state index in [1.165, 1.54) is 102 Å². The van der Waals surface area contributed by atoms with Gasteiger partial charge in [-0.15, -0.1) is 0 Å². The van der Waals surface area contributed by atoms with Gasteiger partial charge in [-0.3, -0.25) is 0 Å². The van der Waals surface area contributed by atoms with Crippen molar-refractivity contribution >= 4 is 11.9 Å². The predicted molar refractivity (Wildman–Crippen MR) is 138 cm³/mol. The highest BCUT2D eigenvalue weighted by Crippen LogP contribution is 2.14. The number of unbranched alkanes of at least 4 members (excludes halogenated alkanes) is 15. The van der Waals surface area contributed by atoms with Gasteiger partial charge in [0.2, 0.25) is 0 Å². The van der Waals surface area contributed by atoms with Crippen molar-refractivity contribution in [2.75, 3.05) is 13.2 Å². The standard InChI is InChI=1S/C29H44O5/c1-2-3-4-5-6-7-8-9-10-11-12-13-14-15-16-17-20-34-21-18-19-25-22-26(28(30)31)24-27(23-25)29(32)33/h22-24H,2-17,20-21H2,1H3,(H,30,31)(H,32,33). The summed E-state index contributed by atoms with van der Waals surface area (Å²) in [6.07, 6.45) is 21.4. The number of aromatic carboxylic acids is 2. The Morgan fingerprint density at radius 3 is 1.50 bits per heavy atom. The molecule has 5 heteroatoms. The highest BCUT2D eigenvalue weighted by molar-refractivity contribution is 5.94. The average Bonchev–Trinajstić information content (AvgIpc) is 2.82. The van der Waals surface area contributed by atoms with Crippen molar-refractivity contribution in [3.05, 3.63) is 34.9 Å². The fourth-order valence-corrected chi connectivity index (χ4v) is 3.96. The van der Waals surface area contributed by atoms with Crippen LogP contribution in [0, 0.1) is 11.8 Å². The van der Waals surface area contributed by atoms with Gasteiger partial charge in [-0.25, -0.2) is 9.59 Å². The number of carbonyl (C=O) groups is 2. The molecule has 1 aromatic rings. The summed E-state index contributed by atoms with van der Waals surface area (Å²) in [5.74, 6) is 3.27. The van der Waals surface area contributed by atoms with Gasteiger partial charge >= 0.3 is 11.9 Å². The maximum Gasteiger partial charge on any atom is 0.335 e. The van der Waals surface area contributed by atoms with Gasteiger partial charge in [0.15, 0.2) is 0 Å². The first-order valence-electron chi connectivity index (χ1n) is 13.2. The molecule has 0 aliphatic heterocycles. The van der Waals surface area contributed by atoms with Crippen LogP contribution in [0.25, 0.3) is 0 Å². The monoisotopic (exact) mass is 472 g/mol. The van der Waals surface area contributed by atoms with Gasteiger partial charge in [0.1, 0.15) is 6.61 Å². The SMILES string of the molecule is CCCCCCCCCCCCCCCCCCOCC#Cc1cc(C(=O)O)cc(C(=O)O)c1. The fraction of sp³-hybridized carbons (Fsp3) is 0.655. The molecule has 2 N–H and O–H groups in total. The van der Waals surface area contributed by atoms with E-state index in [1.807, 2.05) is 0 Å². The second kappa shape index (κ2) is 20.1. The van der Waals surface area contributed by atoms with Crippen molar-refractivity contribution in [2.45, 2.75) is 110 Å². The fourth-order valence-electron chi connectivity index (χ4n) is 3.96. The van der Waals surface area contributed by atoms with E-state index < -0.39 is 11.9 Å². The first kappa shape index (κ1) is 29.7. The molecule has 0 atom stereocenters. The molecule has 0 saturated heterocycles. The van der Waals surface area contributed by atoms with Crippen LogP contribution in [0.15, 0.2) is 18.2 Å². The first-order valence-corrected chi connectivity index (χ1v) is 13.2. The number of ether oxygens (including phenoxy) is 1. The van der Waals surface area contributed by atoms with E-state index in [2.05, 4.69) is 18.8 Å². The normalized spacial score (nSPS) is 10.6. The number of carboxylic acid groups (broad SMARTS) is 2. The Labute approximate surface area is 206 Å². The zero-order valence-electron chi connectivity index (χ0n) is 21.1. The third-order valence-corrected chi connectivity index (χ3v) is 5.98. The van der Waals surface area contributed by atoms with E-state index in [-0.39, 0.29) is 17.7 Å². The van der Waals surface area contributed by atoms with Crippen molar-refractivity contribution in [3.63, 3.8) is 0 Å². The van der Waals surface area contributed by atoms with Gasteiger partial charge in [0.25, 0.3) is 0 Å². The number of hydrogen-bond acceptors (Lipinski definition) is 3. The lowest BCUT2D eigenvalue weighted by molar-refractivity contribution is 0.0696. The van der Waals surface area contributed by atoms with Crippen LogP contribution in [0.1, 0.15) is 136 Å². The number of carboxylic acids is 2. The highest BCUT2D eigenvalue weighted by Gasteiger charge is 2.10. The number of hydrogen-bond donors (Lipinski definition) is 2. The molecule has 0 saturated carbocycles. The third-order valence-electron chi connectivity index (χ3n) is 5.98. The van der Waals surface area contributed by atoms with Crippen LogP contribution in [-0.4, -0.2) is 35.4 Å². The molecule has 0 fully saturated rings. The summed E-state index contributed by atoms with van der Waals surface area (Å²) in [6.45, 7) is 3.17. The molecule has 5 nitrogen and oxygen atoms in total. The zero-order valence-corrected chi connectivity index (χ0v) is 21.1. The maximum absolute atomic E-state index is 11.1. The Kier molecular flexibility index (Phi) is 17.6. The van der Waals surface area contributed by atoms with Crippen LogP contribution in [-0.2, 0) is 4.74 Å². The molecule has 1 rings (SSSR count). The van der Waals surface area contributed by atoms with Crippen LogP contribution in [0.3, 0.4) is 0 Å². The second-order valence-electron chi connectivity index (χ2n) is 9.07. The molecule has 1 aromatic carbocycles. The molecule has 0 bridgehead atoms. The van der Waals surface area contributed by atoms with Crippen LogP contribution in [0.5, 0.6) is 0 Å². The molecule has 190 valence electrons. The smallest absolute Gasteiger partial charge is 0.335 e. The number of rotatable bonds is 20. The average molecular weight is 473 g/mol. The lowest BCUT2D eigenvalue weighted by Gasteiger charge is -2.04. The second-order valence-corrected chi connectivity index (χ2v) is 9.07. The Balaban J connectivity index is 1.97. The topological polar surface area (TPSA) is 83.8 Å². The predicted octanol–water partition coefficient (Wildman–Crippen LogP) is 7.71. The molecule has 0 unspecified atom stereocenters. The largest absolute Gasteiger partial charge is 0.478 e. The van der Waals surface area contributed by atoms with Crippen LogP contribution >= 0.6 is 0 Å². The van der Waals surface area contributed by atoms with Gasteiger partial charge in [0.05, 0.1) is 11.1 Å². The van der Waals surface area contributed by atoms with Crippen molar-refractivity contribution in [2.24, 2.45) is 0 Å². The molecule has 0 radical (unpaired) electrons. The molecule has 0 spiro atoms. The molecular weight excluding hydrogens is 428 g/mol. The van der Waals surface area contributed by atoms with E-state index in [0.717, 1.165) is 18.9 Å². The molecule has 0 heterocycles. The van der Waals surface area contributed by atoms with Crippen LogP contribution in [0.4, 0.5) is 0 Å². The quantitative estimate of drug-likeness (QED) is 0.150. The first-order chi connectivity index (χ1) is 16.5. The van der Waals surface area contributed by atoms with Crippen molar-refractivity contribution in [1.29, 1.82) is 0 Å². The van der Waals surface area contributed by atoms with Crippen LogP contribution < -0.4 is 0 Å². The van der Waals surface area contributed by atoms with E-state index in [0.29, 0.717) is 12.2 Å². The summed E-state index contributed by atoms with van der Waals surface area (Å²) >= 11 is 0. The summed E-state index contributed by atoms with van der Waals surface area (Å²) in [6, 6.07) is 3.87. The highest BCUT2D eigenvalue weighted by atomic mass is 16.5. The molecule has 0 aliphatic rings. The zero-order chi connectivity index (χ0) is 24.9. The minimum atomic E-state index is -1.18. The van der Waals surface area contributed by atoms with Gasteiger partial charge in [-0.1, -0.05) is 115 Å². The Morgan fingerprint density at radius 1 is 0.676 bits per heavy atom. The van der Waals surface area contributed by atoms with Gasteiger partial charge in [-0.05, 0) is 24.6 Å². The summed E-state index contributed by atoms with van der Waals surface area (Å²) < 4.78 is 5.52. The van der Waals surface area contributed by atoms with E-state index in [1.54, 1.807) is 0 Å². The maximum atomic E-state index is 11.1. The Bertz CT molecular complexity index is 727.